The zero-order valence-electron chi connectivity index (χ0n) is 15.1. The maximum atomic E-state index is 12.2. The molecule has 1 amide bonds. The first-order valence-electron chi connectivity index (χ1n) is 8.51. The number of nitrogens with zero attached hydrogens (tertiary/aromatic N) is 1. The number of fused-ring (bicyclic) bond motifs is 1. The van der Waals surface area contributed by atoms with Crippen molar-refractivity contribution in [3.05, 3.63) is 59.7 Å². The smallest absolute Gasteiger partial charge is 0.263 e. The number of ether oxygens (including phenoxy) is 1. The Hall–Kier alpha value is -2.87. The number of benzene rings is 2. The second kappa shape index (κ2) is 7.79. The highest BCUT2D eigenvalue weighted by molar-refractivity contribution is 7.90. The molecule has 1 heterocycles. The lowest BCUT2D eigenvalue weighted by Gasteiger charge is -2.17. The lowest BCUT2D eigenvalue weighted by Crippen LogP contribution is -2.28. The van der Waals surface area contributed by atoms with Gasteiger partial charge in [-0.1, -0.05) is 30.3 Å². The second-order valence-corrected chi connectivity index (χ2v) is 7.76. The number of amides is 1. The quantitative estimate of drug-likeness (QED) is 0.792. The van der Waals surface area contributed by atoms with E-state index in [0.717, 1.165) is 5.56 Å². The van der Waals surface area contributed by atoms with Gasteiger partial charge in [-0.05, 0) is 25.1 Å². The molecular formula is C19H21N3O4S. The first-order valence-corrected chi connectivity index (χ1v) is 9.99. The number of hydrogen-bond acceptors (Lipinski definition) is 5. The summed E-state index contributed by atoms with van der Waals surface area (Å²) in [6, 6.07) is 13.9. The van der Waals surface area contributed by atoms with Crippen LogP contribution in [0.25, 0.3) is 0 Å². The van der Waals surface area contributed by atoms with E-state index in [0.29, 0.717) is 11.3 Å². The van der Waals surface area contributed by atoms with Crippen molar-refractivity contribution >= 4 is 21.8 Å². The van der Waals surface area contributed by atoms with Crippen molar-refractivity contribution in [1.29, 1.82) is 0 Å². The molecule has 8 heteroatoms. The van der Waals surface area contributed by atoms with Crippen LogP contribution in [0.3, 0.4) is 0 Å². The van der Waals surface area contributed by atoms with Gasteiger partial charge in [-0.2, -0.15) is 0 Å². The summed E-state index contributed by atoms with van der Waals surface area (Å²) in [5.74, 6) is 0.811. The number of carbonyl (C=O) groups is 1. The Morgan fingerprint density at radius 2 is 1.89 bits per heavy atom. The van der Waals surface area contributed by atoms with Gasteiger partial charge in [0.05, 0.1) is 24.6 Å². The molecule has 1 aliphatic rings. The van der Waals surface area contributed by atoms with Crippen LogP contribution < -0.4 is 14.8 Å². The van der Waals surface area contributed by atoms with E-state index in [-0.39, 0.29) is 35.6 Å². The maximum absolute atomic E-state index is 12.2. The van der Waals surface area contributed by atoms with Crippen molar-refractivity contribution in [3.8, 4) is 5.75 Å². The van der Waals surface area contributed by atoms with Crippen molar-refractivity contribution < 1.29 is 17.9 Å². The predicted octanol–water partition coefficient (Wildman–Crippen LogP) is 2.00. The van der Waals surface area contributed by atoms with Crippen molar-refractivity contribution in [3.63, 3.8) is 0 Å². The fourth-order valence-electron chi connectivity index (χ4n) is 2.94. The third kappa shape index (κ3) is 4.11. The molecule has 7 nitrogen and oxygen atoms in total. The highest BCUT2D eigenvalue weighted by Crippen LogP contribution is 2.24. The summed E-state index contributed by atoms with van der Waals surface area (Å²) < 4.78 is 31.8. The summed E-state index contributed by atoms with van der Waals surface area (Å²) in [4.78, 5) is 16.7. The number of nitrogens with one attached hydrogen (secondary N) is 2. The summed E-state index contributed by atoms with van der Waals surface area (Å²) >= 11 is 0. The van der Waals surface area contributed by atoms with Gasteiger partial charge in [-0.25, -0.2) is 8.42 Å². The summed E-state index contributed by atoms with van der Waals surface area (Å²) in [5, 5.41) is 2.90. The summed E-state index contributed by atoms with van der Waals surface area (Å²) in [6.45, 7) is 2.06. The van der Waals surface area contributed by atoms with Crippen molar-refractivity contribution in [2.45, 2.75) is 24.3 Å². The van der Waals surface area contributed by atoms with Gasteiger partial charge in [0.25, 0.3) is 10.0 Å². The molecule has 0 spiro atoms. The van der Waals surface area contributed by atoms with E-state index in [1.807, 2.05) is 31.2 Å². The Bertz CT molecular complexity index is 986. The van der Waals surface area contributed by atoms with Gasteiger partial charge in [0.2, 0.25) is 5.91 Å². The fourth-order valence-corrected chi connectivity index (χ4v) is 4.19. The molecule has 0 radical (unpaired) electrons. The molecule has 0 fully saturated rings. The number of methoxy groups -OCH3 is 1. The Labute approximate surface area is 158 Å². The first-order chi connectivity index (χ1) is 12.9. The number of sulfonamides is 1. The van der Waals surface area contributed by atoms with E-state index in [1.54, 1.807) is 25.3 Å². The summed E-state index contributed by atoms with van der Waals surface area (Å²) in [7, 11) is -1.98. The molecule has 0 unspecified atom stereocenters. The average Bonchev–Trinajstić information content (AvgIpc) is 2.92. The monoisotopic (exact) mass is 387 g/mol. The second-order valence-electron chi connectivity index (χ2n) is 6.11. The average molecular weight is 387 g/mol. The molecule has 1 aliphatic heterocycles. The van der Waals surface area contributed by atoms with Crippen LogP contribution in [0, 0.1) is 0 Å². The lowest BCUT2D eigenvalue weighted by atomic mass is 10.1. The van der Waals surface area contributed by atoms with Gasteiger partial charge in [-0.3, -0.25) is 14.5 Å². The SMILES string of the molecule is COc1ccccc1[C@H](C)NC(=O)CCN=C1NS(=O)(=O)c2ccccc21. The Balaban J connectivity index is 1.61. The summed E-state index contributed by atoms with van der Waals surface area (Å²) in [5.41, 5.74) is 1.41. The van der Waals surface area contributed by atoms with Crippen LogP contribution >= 0.6 is 0 Å². The Kier molecular flexibility index (Phi) is 5.46. The normalized spacial score (nSPS) is 17.0. The Morgan fingerprint density at radius 3 is 2.67 bits per heavy atom. The van der Waals surface area contributed by atoms with Gasteiger partial charge < -0.3 is 10.1 Å². The number of aliphatic imine (C=N–C) groups is 1. The van der Waals surface area contributed by atoms with Gasteiger partial charge in [-0.15, -0.1) is 0 Å². The van der Waals surface area contributed by atoms with Crippen LogP contribution in [0.15, 0.2) is 58.4 Å². The van der Waals surface area contributed by atoms with Crippen molar-refractivity contribution in [2.24, 2.45) is 4.99 Å². The maximum Gasteiger partial charge on any atom is 0.263 e. The molecule has 3 rings (SSSR count). The van der Waals surface area contributed by atoms with E-state index < -0.39 is 10.0 Å². The number of amidine groups is 1. The zero-order chi connectivity index (χ0) is 19.4. The molecule has 1 atom stereocenters. The van der Waals surface area contributed by atoms with E-state index in [9.17, 15) is 13.2 Å². The highest BCUT2D eigenvalue weighted by Gasteiger charge is 2.29. The molecule has 2 aromatic carbocycles. The largest absolute Gasteiger partial charge is 0.496 e. The minimum absolute atomic E-state index is 0.146. The standard InChI is InChI=1S/C19H21N3O4S/c1-13(14-7-3-5-9-16(14)26-2)21-18(23)11-12-20-19-15-8-4-6-10-17(15)27(24,25)22-19/h3-10,13H,11-12H2,1-2H3,(H,20,22)(H,21,23)/t13-/m0/s1. The molecule has 0 bridgehead atoms. The van der Waals surface area contributed by atoms with Crippen LogP contribution in [0.5, 0.6) is 5.75 Å². The van der Waals surface area contributed by atoms with E-state index in [4.69, 9.17) is 4.74 Å². The third-order valence-corrected chi connectivity index (χ3v) is 5.65. The minimum Gasteiger partial charge on any atom is -0.496 e. The molecule has 0 aliphatic carbocycles. The van der Waals surface area contributed by atoms with Crippen LogP contribution in [-0.2, 0) is 14.8 Å². The topological polar surface area (TPSA) is 96.9 Å². The zero-order valence-corrected chi connectivity index (χ0v) is 15.9. The molecule has 0 aromatic heterocycles. The molecule has 2 aromatic rings. The van der Waals surface area contributed by atoms with Gasteiger partial charge in [0.1, 0.15) is 11.6 Å². The molecule has 27 heavy (non-hydrogen) atoms. The number of hydrogen-bond donors (Lipinski definition) is 2. The molecule has 0 saturated heterocycles. The fraction of sp³-hybridized carbons (Fsp3) is 0.263. The Morgan fingerprint density at radius 1 is 1.19 bits per heavy atom. The number of para-hydroxylation sites is 1. The number of carbonyl (C=O) groups excluding carboxylic acids is 1. The lowest BCUT2D eigenvalue weighted by molar-refractivity contribution is -0.121. The molecule has 0 saturated carbocycles. The van der Waals surface area contributed by atoms with Gasteiger partial charge in [0.15, 0.2) is 0 Å². The predicted molar refractivity (Wildman–Crippen MR) is 102 cm³/mol. The third-order valence-electron chi connectivity index (χ3n) is 4.25. The summed E-state index contributed by atoms with van der Waals surface area (Å²) in [6.07, 6.45) is 0.146. The van der Waals surface area contributed by atoms with E-state index in [2.05, 4.69) is 15.0 Å². The highest BCUT2D eigenvalue weighted by atomic mass is 32.2. The molecule has 142 valence electrons. The van der Waals surface area contributed by atoms with Crippen molar-refractivity contribution in [1.82, 2.24) is 10.0 Å². The van der Waals surface area contributed by atoms with Crippen LogP contribution in [0.4, 0.5) is 0 Å². The molecular weight excluding hydrogens is 366 g/mol. The van der Waals surface area contributed by atoms with Crippen LogP contribution in [0.1, 0.15) is 30.5 Å². The van der Waals surface area contributed by atoms with Crippen molar-refractivity contribution in [2.75, 3.05) is 13.7 Å². The van der Waals surface area contributed by atoms with Gasteiger partial charge >= 0.3 is 0 Å². The van der Waals surface area contributed by atoms with Gasteiger partial charge in [0, 0.05) is 17.5 Å². The minimum atomic E-state index is -3.56. The first kappa shape index (κ1) is 18.9. The molecule has 2 N–H and O–H groups in total. The van der Waals surface area contributed by atoms with Crippen LogP contribution in [-0.4, -0.2) is 33.8 Å². The van der Waals surface area contributed by atoms with E-state index >= 15 is 0 Å². The van der Waals surface area contributed by atoms with E-state index in [1.165, 1.54) is 6.07 Å². The number of rotatable bonds is 6. The van der Waals surface area contributed by atoms with Crippen LogP contribution in [0.2, 0.25) is 0 Å².